The molecule has 0 saturated heterocycles. The van der Waals surface area contributed by atoms with E-state index in [0.717, 1.165) is 57.7 Å². The lowest BCUT2D eigenvalue weighted by molar-refractivity contribution is -0.121. The minimum absolute atomic E-state index is 0. The van der Waals surface area contributed by atoms with Gasteiger partial charge in [-0.2, -0.15) is 0 Å². The number of hydrogen-bond acceptors (Lipinski definition) is 3. The van der Waals surface area contributed by atoms with E-state index in [-0.39, 0.29) is 36.5 Å². The summed E-state index contributed by atoms with van der Waals surface area (Å²) < 4.78 is 0. The molecule has 1 aliphatic rings. The summed E-state index contributed by atoms with van der Waals surface area (Å²) in [7, 11) is 0. The lowest BCUT2D eigenvalue weighted by Crippen LogP contribution is -2.38. The zero-order valence-electron chi connectivity index (χ0n) is 16.0. The van der Waals surface area contributed by atoms with Crippen molar-refractivity contribution in [2.45, 2.75) is 65.3 Å². The van der Waals surface area contributed by atoms with Gasteiger partial charge < -0.3 is 21.1 Å². The van der Waals surface area contributed by atoms with Gasteiger partial charge in [0, 0.05) is 38.7 Å². The summed E-state index contributed by atoms with van der Waals surface area (Å²) in [6, 6.07) is 0.439. The quantitative estimate of drug-likeness (QED) is 0.153. The third kappa shape index (κ3) is 13.3. The van der Waals surface area contributed by atoms with Crippen molar-refractivity contribution in [3.8, 4) is 0 Å². The molecule has 1 atom stereocenters. The average Bonchev–Trinajstić information content (AvgIpc) is 3.32. The molecular weight excluding hydrogens is 431 g/mol. The van der Waals surface area contributed by atoms with Crippen molar-refractivity contribution < 1.29 is 9.90 Å². The van der Waals surface area contributed by atoms with Crippen LogP contribution in [0.15, 0.2) is 4.99 Å². The summed E-state index contributed by atoms with van der Waals surface area (Å²) in [5, 5.41) is 18.7. The number of amides is 1. The number of nitrogens with one attached hydrogen (secondary N) is 3. The number of aliphatic hydroxyl groups excluding tert-OH is 1. The molecular formula is C18H37IN4O2. The summed E-state index contributed by atoms with van der Waals surface area (Å²) >= 11 is 0. The third-order valence-electron chi connectivity index (χ3n) is 4.01. The van der Waals surface area contributed by atoms with E-state index in [4.69, 9.17) is 0 Å². The summed E-state index contributed by atoms with van der Waals surface area (Å²) in [5.74, 6) is 1.97. The molecule has 1 saturated carbocycles. The highest BCUT2D eigenvalue weighted by molar-refractivity contribution is 14.0. The average molecular weight is 468 g/mol. The largest absolute Gasteiger partial charge is 0.396 e. The normalized spacial score (nSPS) is 15.5. The van der Waals surface area contributed by atoms with Crippen LogP contribution in [-0.4, -0.2) is 49.3 Å². The van der Waals surface area contributed by atoms with Crippen LogP contribution < -0.4 is 16.0 Å². The lowest BCUT2D eigenvalue weighted by Gasteiger charge is -2.17. The highest BCUT2D eigenvalue weighted by atomic mass is 127. The monoisotopic (exact) mass is 468 g/mol. The van der Waals surface area contributed by atoms with E-state index in [1.54, 1.807) is 0 Å². The van der Waals surface area contributed by atoms with Gasteiger partial charge in [-0.3, -0.25) is 9.79 Å². The molecule has 0 aromatic rings. The molecule has 1 rings (SSSR count). The number of aliphatic imine (C=N–C) groups is 1. The summed E-state index contributed by atoms with van der Waals surface area (Å²) in [5.41, 5.74) is 0. The maximum absolute atomic E-state index is 11.6. The van der Waals surface area contributed by atoms with Crippen LogP contribution in [0.3, 0.4) is 0 Å². The van der Waals surface area contributed by atoms with Gasteiger partial charge in [-0.1, -0.05) is 13.8 Å². The Bertz CT molecular complexity index is 387. The highest BCUT2D eigenvalue weighted by Gasteiger charge is 2.22. The highest BCUT2D eigenvalue weighted by Crippen LogP contribution is 2.18. The number of guanidine groups is 1. The maximum atomic E-state index is 11.6. The molecule has 4 N–H and O–H groups in total. The Labute approximate surface area is 170 Å². The van der Waals surface area contributed by atoms with Crippen LogP contribution >= 0.6 is 24.0 Å². The number of halogens is 1. The van der Waals surface area contributed by atoms with Gasteiger partial charge in [0.1, 0.15) is 0 Å². The number of aliphatic hydroxyl groups is 1. The fourth-order valence-electron chi connectivity index (χ4n) is 2.68. The minimum atomic E-state index is 0. The first kappa shape index (κ1) is 24.4. The number of nitrogens with zero attached hydrogens (tertiary/aromatic N) is 1. The second-order valence-electron chi connectivity index (χ2n) is 7.10. The first-order chi connectivity index (χ1) is 11.5. The molecule has 0 aromatic heterocycles. The molecule has 1 unspecified atom stereocenters. The van der Waals surface area contributed by atoms with Crippen molar-refractivity contribution >= 4 is 35.8 Å². The SMILES string of the molecule is CCNC(=NCC(CCO)CC(C)C)NCCCC(=O)NC1CC1.I. The summed E-state index contributed by atoms with van der Waals surface area (Å²) in [6.07, 6.45) is 5.49. The van der Waals surface area contributed by atoms with Gasteiger partial charge in [0.2, 0.25) is 5.91 Å². The van der Waals surface area contributed by atoms with Crippen molar-refractivity contribution in [3.63, 3.8) is 0 Å². The van der Waals surface area contributed by atoms with Crippen LogP contribution in [0.25, 0.3) is 0 Å². The Morgan fingerprint density at radius 3 is 2.56 bits per heavy atom. The summed E-state index contributed by atoms with van der Waals surface area (Å²) in [4.78, 5) is 16.3. The molecule has 6 nitrogen and oxygen atoms in total. The molecule has 0 bridgehead atoms. The van der Waals surface area contributed by atoms with Gasteiger partial charge in [-0.05, 0) is 50.9 Å². The Morgan fingerprint density at radius 2 is 2.00 bits per heavy atom. The van der Waals surface area contributed by atoms with Crippen molar-refractivity contribution in [2.24, 2.45) is 16.8 Å². The molecule has 0 spiro atoms. The van der Waals surface area contributed by atoms with Crippen LogP contribution in [0.5, 0.6) is 0 Å². The zero-order chi connectivity index (χ0) is 17.8. The molecule has 25 heavy (non-hydrogen) atoms. The fraction of sp³-hybridized carbons (Fsp3) is 0.889. The van der Waals surface area contributed by atoms with Crippen LogP contribution in [0.1, 0.15) is 59.3 Å². The number of carbonyl (C=O) groups excluding carboxylic acids is 1. The standard InChI is InChI=1S/C18H36N4O2.HI/c1-4-19-18(21-13-15(9-11-23)12-14(2)3)20-10-5-6-17(24)22-16-7-8-16;/h14-16,23H,4-13H2,1-3H3,(H,22,24)(H2,19,20,21);1H. The molecule has 7 heteroatoms. The van der Waals surface area contributed by atoms with Gasteiger partial charge in [0.15, 0.2) is 5.96 Å². The first-order valence-corrected chi connectivity index (χ1v) is 9.47. The Morgan fingerprint density at radius 1 is 1.28 bits per heavy atom. The molecule has 1 aliphatic carbocycles. The van der Waals surface area contributed by atoms with Gasteiger partial charge in [-0.15, -0.1) is 24.0 Å². The Balaban J connectivity index is 0.00000576. The van der Waals surface area contributed by atoms with Gasteiger partial charge in [-0.25, -0.2) is 0 Å². The van der Waals surface area contributed by atoms with Crippen LogP contribution in [0, 0.1) is 11.8 Å². The van der Waals surface area contributed by atoms with Gasteiger partial charge >= 0.3 is 0 Å². The van der Waals surface area contributed by atoms with Crippen LogP contribution in [-0.2, 0) is 4.79 Å². The van der Waals surface area contributed by atoms with E-state index in [0.29, 0.717) is 24.3 Å². The molecule has 1 fully saturated rings. The van der Waals surface area contributed by atoms with Crippen molar-refractivity contribution in [1.82, 2.24) is 16.0 Å². The van der Waals surface area contributed by atoms with E-state index in [9.17, 15) is 9.90 Å². The maximum Gasteiger partial charge on any atom is 0.220 e. The molecule has 1 amide bonds. The van der Waals surface area contributed by atoms with E-state index >= 15 is 0 Å². The van der Waals surface area contributed by atoms with E-state index in [1.165, 1.54) is 0 Å². The van der Waals surface area contributed by atoms with Gasteiger partial charge in [0.05, 0.1) is 0 Å². The van der Waals surface area contributed by atoms with Crippen LogP contribution in [0.4, 0.5) is 0 Å². The first-order valence-electron chi connectivity index (χ1n) is 9.47. The molecule has 0 aliphatic heterocycles. The summed E-state index contributed by atoms with van der Waals surface area (Å²) in [6.45, 7) is 8.92. The second-order valence-corrected chi connectivity index (χ2v) is 7.10. The van der Waals surface area contributed by atoms with Crippen molar-refractivity contribution in [3.05, 3.63) is 0 Å². The van der Waals surface area contributed by atoms with Crippen molar-refractivity contribution in [2.75, 3.05) is 26.2 Å². The molecule has 148 valence electrons. The topological polar surface area (TPSA) is 85.8 Å². The lowest BCUT2D eigenvalue weighted by atomic mass is 9.94. The van der Waals surface area contributed by atoms with E-state index < -0.39 is 0 Å². The third-order valence-corrected chi connectivity index (χ3v) is 4.01. The van der Waals surface area contributed by atoms with Crippen molar-refractivity contribution in [1.29, 1.82) is 0 Å². The molecule has 0 aromatic carbocycles. The predicted octanol–water partition coefficient (Wildman–Crippen LogP) is 2.26. The predicted molar refractivity (Wildman–Crippen MR) is 114 cm³/mol. The molecule has 0 heterocycles. The fourth-order valence-corrected chi connectivity index (χ4v) is 2.68. The van der Waals surface area contributed by atoms with Gasteiger partial charge in [0.25, 0.3) is 0 Å². The molecule has 0 radical (unpaired) electrons. The van der Waals surface area contributed by atoms with Crippen LogP contribution in [0.2, 0.25) is 0 Å². The second kappa shape index (κ2) is 14.6. The number of carbonyl (C=O) groups is 1. The van der Waals surface area contributed by atoms with E-state index in [1.807, 2.05) is 6.92 Å². The number of hydrogen-bond donors (Lipinski definition) is 4. The smallest absolute Gasteiger partial charge is 0.220 e. The zero-order valence-corrected chi connectivity index (χ0v) is 18.3. The number of rotatable bonds is 12. The minimum Gasteiger partial charge on any atom is -0.396 e. The Hall–Kier alpha value is -0.570. The Kier molecular flexibility index (Phi) is 14.3. The van der Waals surface area contributed by atoms with E-state index in [2.05, 4.69) is 34.8 Å².